The molecule has 0 unspecified atom stereocenters. The molecular weight excluding hydrogens is 308 g/mol. The topological polar surface area (TPSA) is 78.1 Å². The molecule has 116 valence electrons. The number of rotatable bonds is 7. The third kappa shape index (κ3) is 3.52. The van der Waals surface area contributed by atoms with Gasteiger partial charge in [-0.2, -0.15) is 9.40 Å². The van der Waals surface area contributed by atoms with E-state index in [1.54, 1.807) is 24.6 Å². The van der Waals surface area contributed by atoms with Crippen LogP contribution in [0, 0.1) is 0 Å². The summed E-state index contributed by atoms with van der Waals surface area (Å²) in [6.07, 6.45) is 1.55. The van der Waals surface area contributed by atoms with E-state index in [9.17, 15) is 8.42 Å². The van der Waals surface area contributed by atoms with E-state index in [2.05, 4.69) is 15.5 Å². The van der Waals surface area contributed by atoms with Gasteiger partial charge in [0.25, 0.3) is 10.0 Å². The van der Waals surface area contributed by atoms with Crippen molar-refractivity contribution in [2.45, 2.75) is 38.0 Å². The first-order chi connectivity index (χ1) is 9.96. The second-order valence-corrected chi connectivity index (χ2v) is 7.84. The van der Waals surface area contributed by atoms with E-state index >= 15 is 0 Å². The monoisotopic (exact) mass is 328 g/mol. The van der Waals surface area contributed by atoms with Gasteiger partial charge in [-0.25, -0.2) is 8.42 Å². The van der Waals surface area contributed by atoms with Gasteiger partial charge in [0, 0.05) is 29.6 Å². The Hall–Kier alpha value is -1.22. The average molecular weight is 328 g/mol. The van der Waals surface area contributed by atoms with Crippen LogP contribution in [0.3, 0.4) is 0 Å². The summed E-state index contributed by atoms with van der Waals surface area (Å²) in [5, 5.41) is 11.6. The quantitative estimate of drug-likeness (QED) is 0.812. The molecule has 0 saturated heterocycles. The third-order valence-corrected chi connectivity index (χ3v) is 5.98. The molecule has 0 fully saturated rings. The van der Waals surface area contributed by atoms with Gasteiger partial charge in [0.1, 0.15) is 0 Å². The fourth-order valence-electron chi connectivity index (χ4n) is 2.06. The Morgan fingerprint density at radius 2 is 2.24 bits per heavy atom. The van der Waals surface area contributed by atoms with Crippen LogP contribution in [0.2, 0.25) is 0 Å². The van der Waals surface area contributed by atoms with Crippen molar-refractivity contribution in [1.29, 1.82) is 0 Å². The van der Waals surface area contributed by atoms with Crippen molar-refractivity contribution in [2.24, 2.45) is 0 Å². The molecule has 0 atom stereocenters. The molecule has 2 rings (SSSR count). The average Bonchev–Trinajstić information content (AvgIpc) is 3.06. The Balaban J connectivity index is 2.35. The van der Waals surface area contributed by atoms with Crippen molar-refractivity contribution in [2.75, 3.05) is 7.05 Å². The predicted molar refractivity (Wildman–Crippen MR) is 83.5 cm³/mol. The molecule has 21 heavy (non-hydrogen) atoms. The number of nitrogens with zero attached hydrogens (tertiary/aromatic N) is 2. The van der Waals surface area contributed by atoms with Crippen LogP contribution in [0.25, 0.3) is 0 Å². The molecule has 2 aromatic rings. The Kier molecular flexibility index (Phi) is 5.15. The molecule has 0 amide bonds. The highest BCUT2D eigenvalue weighted by atomic mass is 32.2. The summed E-state index contributed by atoms with van der Waals surface area (Å²) < 4.78 is 27.3. The molecule has 0 radical (unpaired) electrons. The highest BCUT2D eigenvalue weighted by Crippen LogP contribution is 2.23. The Labute approximate surface area is 129 Å². The number of aromatic nitrogens is 2. The molecule has 0 aliphatic heterocycles. The van der Waals surface area contributed by atoms with Crippen molar-refractivity contribution >= 4 is 21.4 Å². The van der Waals surface area contributed by atoms with Crippen molar-refractivity contribution in [3.8, 4) is 0 Å². The number of aromatic amines is 1. The molecule has 2 heterocycles. The Morgan fingerprint density at radius 1 is 1.48 bits per heavy atom. The number of thiophene rings is 1. The van der Waals surface area contributed by atoms with E-state index in [-0.39, 0.29) is 11.1 Å². The van der Waals surface area contributed by atoms with Crippen LogP contribution in [0.1, 0.15) is 24.3 Å². The molecule has 8 heteroatoms. The highest BCUT2D eigenvalue weighted by Gasteiger charge is 2.30. The minimum atomic E-state index is -3.60. The minimum Gasteiger partial charge on any atom is -0.316 e. The van der Waals surface area contributed by atoms with Crippen LogP contribution >= 0.6 is 11.3 Å². The van der Waals surface area contributed by atoms with Gasteiger partial charge in [0.2, 0.25) is 0 Å². The van der Waals surface area contributed by atoms with E-state index in [4.69, 9.17) is 0 Å². The van der Waals surface area contributed by atoms with Crippen LogP contribution in [-0.2, 0) is 23.1 Å². The Bertz CT molecular complexity index is 662. The fraction of sp³-hybridized carbons (Fsp3) is 0.462. The molecule has 0 aromatic carbocycles. The van der Waals surface area contributed by atoms with Crippen LogP contribution in [0.15, 0.2) is 28.7 Å². The van der Waals surface area contributed by atoms with Gasteiger partial charge in [0.05, 0.1) is 6.20 Å². The lowest BCUT2D eigenvalue weighted by molar-refractivity contribution is 0.348. The van der Waals surface area contributed by atoms with Gasteiger partial charge in [-0.05, 0) is 32.3 Å². The fourth-order valence-corrected chi connectivity index (χ4v) is 4.56. The summed E-state index contributed by atoms with van der Waals surface area (Å²) >= 11 is 1.55. The third-order valence-electron chi connectivity index (χ3n) is 3.08. The lowest BCUT2D eigenvalue weighted by Gasteiger charge is -2.25. The SMILES string of the molecule is CNCc1cn[nH]c1S(=O)(=O)N(Cc1cccs1)C(C)C. The maximum atomic E-state index is 12.9. The zero-order valence-electron chi connectivity index (χ0n) is 12.3. The number of nitrogens with one attached hydrogen (secondary N) is 2. The van der Waals surface area contributed by atoms with Gasteiger partial charge in [-0.15, -0.1) is 11.3 Å². The smallest absolute Gasteiger partial charge is 0.260 e. The zero-order chi connectivity index (χ0) is 15.5. The molecule has 0 bridgehead atoms. The van der Waals surface area contributed by atoms with Gasteiger partial charge in [0.15, 0.2) is 5.03 Å². The zero-order valence-corrected chi connectivity index (χ0v) is 14.0. The number of hydrogen-bond acceptors (Lipinski definition) is 5. The lowest BCUT2D eigenvalue weighted by Crippen LogP contribution is -2.37. The van der Waals surface area contributed by atoms with E-state index in [1.807, 2.05) is 31.4 Å². The van der Waals surface area contributed by atoms with E-state index < -0.39 is 10.0 Å². The van der Waals surface area contributed by atoms with Crippen molar-refractivity contribution in [3.05, 3.63) is 34.2 Å². The number of sulfonamides is 1. The summed E-state index contributed by atoms with van der Waals surface area (Å²) in [4.78, 5) is 1.02. The second-order valence-electron chi connectivity index (χ2n) is 4.98. The van der Waals surface area contributed by atoms with Crippen LogP contribution in [0.4, 0.5) is 0 Å². The van der Waals surface area contributed by atoms with Crippen molar-refractivity contribution in [1.82, 2.24) is 19.8 Å². The molecule has 0 aliphatic rings. The summed E-state index contributed by atoms with van der Waals surface area (Å²) in [6.45, 7) is 4.57. The minimum absolute atomic E-state index is 0.136. The van der Waals surface area contributed by atoms with Crippen LogP contribution < -0.4 is 5.32 Å². The first kappa shape index (κ1) is 16.2. The Morgan fingerprint density at radius 3 is 2.81 bits per heavy atom. The van der Waals surface area contributed by atoms with Crippen molar-refractivity contribution in [3.63, 3.8) is 0 Å². The molecule has 0 aliphatic carbocycles. The summed E-state index contributed by atoms with van der Waals surface area (Å²) in [5.74, 6) is 0. The van der Waals surface area contributed by atoms with Gasteiger partial charge >= 0.3 is 0 Å². The molecule has 0 spiro atoms. The first-order valence-electron chi connectivity index (χ1n) is 6.68. The normalized spacial score (nSPS) is 12.4. The molecule has 2 N–H and O–H groups in total. The van der Waals surface area contributed by atoms with Gasteiger partial charge < -0.3 is 5.32 Å². The molecule has 6 nitrogen and oxygen atoms in total. The maximum Gasteiger partial charge on any atom is 0.260 e. The van der Waals surface area contributed by atoms with E-state index in [0.717, 1.165) is 4.88 Å². The molecule has 2 aromatic heterocycles. The maximum absolute atomic E-state index is 12.9. The van der Waals surface area contributed by atoms with E-state index in [0.29, 0.717) is 18.7 Å². The van der Waals surface area contributed by atoms with E-state index in [1.165, 1.54) is 4.31 Å². The number of H-pyrrole nitrogens is 1. The standard InChI is InChI=1S/C13H20N4O2S2/c1-10(2)17(9-12-5-4-6-20-12)21(18,19)13-11(7-14-3)8-15-16-13/h4-6,8,10,14H,7,9H2,1-3H3,(H,15,16). The molecule has 0 saturated carbocycles. The predicted octanol–water partition coefficient (Wildman–Crippen LogP) is 1.79. The number of hydrogen-bond donors (Lipinski definition) is 2. The first-order valence-corrected chi connectivity index (χ1v) is 9.00. The van der Waals surface area contributed by atoms with Crippen molar-refractivity contribution < 1.29 is 8.42 Å². The molecular formula is C13H20N4O2S2. The second kappa shape index (κ2) is 6.69. The van der Waals surface area contributed by atoms with Crippen LogP contribution in [0.5, 0.6) is 0 Å². The highest BCUT2D eigenvalue weighted by molar-refractivity contribution is 7.89. The van der Waals surface area contributed by atoms with Gasteiger partial charge in [-0.1, -0.05) is 6.07 Å². The summed E-state index contributed by atoms with van der Waals surface area (Å²) in [6, 6.07) is 3.73. The summed E-state index contributed by atoms with van der Waals surface area (Å²) in [7, 11) is -1.83. The largest absolute Gasteiger partial charge is 0.316 e. The summed E-state index contributed by atoms with van der Waals surface area (Å²) in [5.41, 5.74) is 0.648. The van der Waals surface area contributed by atoms with Crippen LogP contribution in [-0.4, -0.2) is 36.0 Å². The lowest BCUT2D eigenvalue weighted by atomic mass is 10.3. The van der Waals surface area contributed by atoms with Gasteiger partial charge in [-0.3, -0.25) is 5.10 Å².